The number of fused-ring (bicyclic) bond motifs is 1. The quantitative estimate of drug-likeness (QED) is 0.421. The topological polar surface area (TPSA) is 88.2 Å². The molecule has 4 rings (SSSR count). The number of halogens is 1. The Morgan fingerprint density at radius 1 is 1.06 bits per heavy atom. The molecule has 6 nitrogen and oxygen atoms in total. The molecule has 0 saturated carbocycles. The fourth-order valence-corrected chi connectivity index (χ4v) is 5.12. The molecule has 0 aliphatic rings. The van der Waals surface area contributed by atoms with Gasteiger partial charge in [-0.2, -0.15) is 0 Å². The van der Waals surface area contributed by atoms with Crippen molar-refractivity contribution in [2.75, 3.05) is 23.4 Å². The number of benzene rings is 3. The molecule has 0 spiro atoms. The summed E-state index contributed by atoms with van der Waals surface area (Å²) in [6.45, 7) is 1.87. The number of nitrogens with one attached hydrogen (secondary N) is 2. The number of carbonyl (C=O) groups excluding carboxylic acids is 1. The smallest absolute Gasteiger partial charge is 0.243 e. The third-order valence-electron chi connectivity index (χ3n) is 4.74. The van der Waals surface area contributed by atoms with E-state index in [1.165, 1.54) is 11.6 Å². The van der Waals surface area contributed by atoms with Crippen LogP contribution in [-0.4, -0.2) is 32.1 Å². The molecule has 0 atom stereocenters. The molecule has 164 valence electrons. The molecule has 9 heteroatoms. The lowest BCUT2D eigenvalue weighted by atomic mass is 10.2. The average molecular weight is 470 g/mol. The van der Waals surface area contributed by atoms with Crippen molar-refractivity contribution in [3.63, 3.8) is 0 Å². The second-order valence-corrected chi connectivity index (χ2v) is 10.4. The highest BCUT2D eigenvalue weighted by Crippen LogP contribution is 2.31. The van der Waals surface area contributed by atoms with Gasteiger partial charge in [-0.3, -0.25) is 4.79 Å². The Labute approximate surface area is 189 Å². The second-order valence-electron chi connectivity index (χ2n) is 7.38. The van der Waals surface area contributed by atoms with E-state index >= 15 is 0 Å². The third-order valence-corrected chi connectivity index (χ3v) is 6.95. The zero-order valence-electron chi connectivity index (χ0n) is 17.3. The van der Waals surface area contributed by atoms with Gasteiger partial charge in [0.15, 0.2) is 9.84 Å². The SMILES string of the molecule is Cc1ccc2nc(-c3ccc(NC(=O)CNc4ccc(F)cc4S(C)(=O)=O)cc3)sc2c1. The van der Waals surface area contributed by atoms with Crippen molar-refractivity contribution in [1.82, 2.24) is 4.98 Å². The summed E-state index contributed by atoms with van der Waals surface area (Å²) in [5, 5.41) is 6.41. The van der Waals surface area contributed by atoms with Gasteiger partial charge in [0.2, 0.25) is 5.91 Å². The molecule has 1 heterocycles. The highest BCUT2D eigenvalue weighted by atomic mass is 32.2. The van der Waals surface area contributed by atoms with Crippen LogP contribution in [0.2, 0.25) is 0 Å². The Morgan fingerprint density at radius 2 is 1.81 bits per heavy atom. The first-order valence-corrected chi connectivity index (χ1v) is 12.4. The number of nitrogens with zero attached hydrogens (tertiary/aromatic N) is 1. The van der Waals surface area contributed by atoms with Crippen molar-refractivity contribution < 1.29 is 17.6 Å². The Kier molecular flexibility index (Phi) is 5.94. The van der Waals surface area contributed by atoms with E-state index in [9.17, 15) is 17.6 Å². The summed E-state index contributed by atoms with van der Waals surface area (Å²) in [4.78, 5) is 16.8. The van der Waals surface area contributed by atoms with Crippen molar-refractivity contribution >= 4 is 48.7 Å². The number of hydrogen-bond acceptors (Lipinski definition) is 6. The number of anilines is 2. The van der Waals surface area contributed by atoms with Gasteiger partial charge >= 0.3 is 0 Å². The molecule has 0 aliphatic heterocycles. The Bertz CT molecular complexity index is 1410. The number of sulfone groups is 1. The van der Waals surface area contributed by atoms with Gasteiger partial charge in [0.05, 0.1) is 27.3 Å². The molecular formula is C23H20FN3O3S2. The molecule has 0 saturated heterocycles. The zero-order chi connectivity index (χ0) is 22.9. The highest BCUT2D eigenvalue weighted by molar-refractivity contribution is 7.90. The van der Waals surface area contributed by atoms with E-state index in [1.807, 2.05) is 31.2 Å². The standard InChI is InChI=1S/C23H20FN3O3S2/c1-14-3-9-18-20(11-14)31-23(27-18)15-4-7-17(8-5-15)26-22(28)13-25-19-10-6-16(24)12-21(19)32(2,29)30/h3-12,25H,13H2,1-2H3,(H,26,28). The van der Waals surface area contributed by atoms with Crippen molar-refractivity contribution in [2.24, 2.45) is 0 Å². The first kappa shape index (κ1) is 21.9. The van der Waals surface area contributed by atoms with Crippen LogP contribution in [-0.2, 0) is 14.6 Å². The summed E-state index contributed by atoms with van der Waals surface area (Å²) < 4.78 is 38.3. The summed E-state index contributed by atoms with van der Waals surface area (Å²) in [5.41, 5.74) is 3.85. The van der Waals surface area contributed by atoms with Crippen molar-refractivity contribution in [3.8, 4) is 10.6 Å². The van der Waals surface area contributed by atoms with Crippen LogP contribution in [0, 0.1) is 12.7 Å². The number of aryl methyl sites for hydroxylation is 1. The summed E-state index contributed by atoms with van der Waals surface area (Å²) in [6, 6.07) is 16.8. The Morgan fingerprint density at radius 3 is 2.53 bits per heavy atom. The molecule has 0 radical (unpaired) electrons. The fourth-order valence-electron chi connectivity index (χ4n) is 3.18. The van der Waals surface area contributed by atoms with Crippen molar-refractivity contribution in [2.45, 2.75) is 11.8 Å². The van der Waals surface area contributed by atoms with Crippen LogP contribution in [0.4, 0.5) is 15.8 Å². The maximum Gasteiger partial charge on any atom is 0.243 e. The largest absolute Gasteiger partial charge is 0.375 e. The van der Waals surface area contributed by atoms with Crippen LogP contribution < -0.4 is 10.6 Å². The zero-order valence-corrected chi connectivity index (χ0v) is 19.0. The Balaban J connectivity index is 1.42. The van der Waals surface area contributed by atoms with Crippen LogP contribution in [0.25, 0.3) is 20.8 Å². The van der Waals surface area contributed by atoms with Crippen LogP contribution in [0.1, 0.15) is 5.56 Å². The number of aromatic nitrogens is 1. The molecule has 32 heavy (non-hydrogen) atoms. The number of thiazole rings is 1. The molecule has 1 aromatic heterocycles. The minimum Gasteiger partial charge on any atom is -0.375 e. The lowest BCUT2D eigenvalue weighted by Crippen LogP contribution is -2.22. The van der Waals surface area contributed by atoms with E-state index in [-0.39, 0.29) is 23.0 Å². The number of rotatable bonds is 6. The molecule has 2 N–H and O–H groups in total. The monoisotopic (exact) mass is 469 g/mol. The number of carbonyl (C=O) groups is 1. The van der Waals surface area contributed by atoms with Crippen LogP contribution in [0.15, 0.2) is 65.6 Å². The number of hydrogen-bond donors (Lipinski definition) is 2. The van der Waals surface area contributed by atoms with E-state index in [1.54, 1.807) is 23.5 Å². The van der Waals surface area contributed by atoms with Gasteiger partial charge in [-0.05, 0) is 67.1 Å². The lowest BCUT2D eigenvalue weighted by Gasteiger charge is -2.11. The van der Waals surface area contributed by atoms with Gasteiger partial charge in [-0.15, -0.1) is 11.3 Å². The average Bonchev–Trinajstić information content (AvgIpc) is 3.16. The lowest BCUT2D eigenvalue weighted by molar-refractivity contribution is -0.114. The van der Waals surface area contributed by atoms with Gasteiger partial charge < -0.3 is 10.6 Å². The Hall–Kier alpha value is -3.30. The minimum atomic E-state index is -3.65. The summed E-state index contributed by atoms with van der Waals surface area (Å²) >= 11 is 1.61. The van der Waals surface area contributed by atoms with Gasteiger partial charge in [-0.1, -0.05) is 6.07 Å². The predicted molar refractivity (Wildman–Crippen MR) is 126 cm³/mol. The normalized spacial score (nSPS) is 11.5. The molecule has 0 unspecified atom stereocenters. The molecule has 0 bridgehead atoms. The first-order chi connectivity index (χ1) is 15.2. The minimum absolute atomic E-state index is 0.172. The maximum atomic E-state index is 13.4. The second kappa shape index (κ2) is 8.68. The maximum absolute atomic E-state index is 13.4. The molecule has 0 aliphatic carbocycles. The van der Waals surface area contributed by atoms with E-state index in [0.717, 1.165) is 39.2 Å². The molecule has 0 fully saturated rings. The van der Waals surface area contributed by atoms with Crippen molar-refractivity contribution in [1.29, 1.82) is 0 Å². The van der Waals surface area contributed by atoms with E-state index in [0.29, 0.717) is 5.69 Å². The molecular weight excluding hydrogens is 449 g/mol. The molecule has 3 aromatic carbocycles. The summed E-state index contributed by atoms with van der Waals surface area (Å²) in [7, 11) is -3.65. The van der Waals surface area contributed by atoms with Gasteiger partial charge in [-0.25, -0.2) is 17.8 Å². The summed E-state index contributed by atoms with van der Waals surface area (Å²) in [6.07, 6.45) is 0.987. The van der Waals surface area contributed by atoms with Crippen molar-refractivity contribution in [3.05, 3.63) is 72.0 Å². The van der Waals surface area contributed by atoms with Gasteiger partial charge in [0.25, 0.3) is 0 Å². The highest BCUT2D eigenvalue weighted by Gasteiger charge is 2.15. The first-order valence-electron chi connectivity index (χ1n) is 9.70. The summed E-state index contributed by atoms with van der Waals surface area (Å²) in [5.74, 6) is -1.03. The van der Waals surface area contributed by atoms with E-state index < -0.39 is 15.7 Å². The fraction of sp³-hybridized carbons (Fsp3) is 0.130. The van der Waals surface area contributed by atoms with Crippen LogP contribution in [0.3, 0.4) is 0 Å². The molecule has 1 amide bonds. The predicted octanol–water partition coefficient (Wildman–Crippen LogP) is 4.86. The molecule has 4 aromatic rings. The van der Waals surface area contributed by atoms with Gasteiger partial charge in [0, 0.05) is 17.5 Å². The third kappa shape index (κ3) is 4.95. The van der Waals surface area contributed by atoms with E-state index in [4.69, 9.17) is 0 Å². The number of amides is 1. The van der Waals surface area contributed by atoms with Crippen LogP contribution in [0.5, 0.6) is 0 Å². The van der Waals surface area contributed by atoms with E-state index in [2.05, 4.69) is 21.7 Å². The van der Waals surface area contributed by atoms with Gasteiger partial charge in [0.1, 0.15) is 10.8 Å². The van der Waals surface area contributed by atoms with Crippen LogP contribution >= 0.6 is 11.3 Å².